The Labute approximate surface area is 160 Å². The molecule has 0 saturated heterocycles. The number of benzene rings is 1. The number of aromatic nitrogens is 3. The number of carbonyl (C=O) groups excluding carboxylic acids is 1. The van der Waals surface area contributed by atoms with Crippen LogP contribution in [-0.2, 0) is 13.5 Å². The molecule has 0 spiro atoms. The van der Waals surface area contributed by atoms with Crippen molar-refractivity contribution >= 4 is 34.6 Å². The molecule has 0 unspecified atom stereocenters. The van der Waals surface area contributed by atoms with Crippen LogP contribution in [0.3, 0.4) is 0 Å². The van der Waals surface area contributed by atoms with E-state index in [1.165, 1.54) is 10.9 Å². The van der Waals surface area contributed by atoms with Gasteiger partial charge in [-0.2, -0.15) is 5.10 Å². The van der Waals surface area contributed by atoms with Crippen LogP contribution < -0.4 is 15.8 Å². The van der Waals surface area contributed by atoms with Crippen LogP contribution in [0.4, 0.5) is 17.1 Å². The predicted octanol–water partition coefficient (Wildman–Crippen LogP) is 2.78. The maximum atomic E-state index is 12.7. The number of hydrogen-bond acceptors (Lipinski definition) is 5. The van der Waals surface area contributed by atoms with E-state index in [9.17, 15) is 9.59 Å². The summed E-state index contributed by atoms with van der Waals surface area (Å²) in [5.41, 5.74) is 3.34. The summed E-state index contributed by atoms with van der Waals surface area (Å²) >= 11 is 6.10. The average Bonchev–Trinajstić information content (AvgIpc) is 3.12. The average molecular weight is 382 g/mol. The molecule has 3 aromatic rings. The van der Waals surface area contributed by atoms with Gasteiger partial charge in [-0.05, 0) is 42.3 Å². The summed E-state index contributed by atoms with van der Waals surface area (Å²) in [5, 5.41) is 7.18. The number of amides is 1. The van der Waals surface area contributed by atoms with Gasteiger partial charge in [0.2, 0.25) is 0 Å². The number of halogens is 1. The van der Waals surface area contributed by atoms with Crippen molar-refractivity contribution in [2.75, 3.05) is 16.8 Å². The van der Waals surface area contributed by atoms with Gasteiger partial charge in [0, 0.05) is 37.4 Å². The van der Waals surface area contributed by atoms with E-state index < -0.39 is 0 Å². The van der Waals surface area contributed by atoms with Crippen molar-refractivity contribution in [1.29, 1.82) is 0 Å². The minimum Gasteiger partial charge on any atom is -0.353 e. The Balaban J connectivity index is 1.60. The lowest BCUT2D eigenvalue weighted by molar-refractivity contribution is 0.0989. The molecule has 1 N–H and O–H groups in total. The zero-order valence-electron chi connectivity index (χ0n) is 14.5. The van der Waals surface area contributed by atoms with E-state index in [2.05, 4.69) is 15.4 Å². The number of carbonyl (C=O) groups is 1. The summed E-state index contributed by atoms with van der Waals surface area (Å²) < 4.78 is 1.18. The highest BCUT2D eigenvalue weighted by Gasteiger charge is 2.26. The highest BCUT2D eigenvalue weighted by atomic mass is 35.5. The Morgan fingerprint density at radius 1 is 1.26 bits per heavy atom. The van der Waals surface area contributed by atoms with Gasteiger partial charge >= 0.3 is 0 Å². The van der Waals surface area contributed by atoms with E-state index in [4.69, 9.17) is 11.6 Å². The molecular formula is C19H16ClN5O2. The van der Waals surface area contributed by atoms with E-state index in [0.717, 1.165) is 23.4 Å². The molecule has 7 nitrogen and oxygen atoms in total. The largest absolute Gasteiger partial charge is 0.353 e. The van der Waals surface area contributed by atoms with Crippen molar-refractivity contribution in [1.82, 2.24) is 14.8 Å². The molecule has 3 heterocycles. The number of rotatable bonds is 3. The van der Waals surface area contributed by atoms with E-state index in [1.54, 1.807) is 36.5 Å². The zero-order valence-corrected chi connectivity index (χ0v) is 15.3. The molecule has 1 aromatic carbocycles. The Kier molecular flexibility index (Phi) is 4.37. The van der Waals surface area contributed by atoms with Crippen LogP contribution in [0.25, 0.3) is 0 Å². The lowest BCUT2D eigenvalue weighted by atomic mass is 10.1. The predicted molar refractivity (Wildman–Crippen MR) is 104 cm³/mol. The minimum absolute atomic E-state index is 0.0682. The van der Waals surface area contributed by atoms with Crippen molar-refractivity contribution in [2.45, 2.75) is 6.42 Å². The lowest BCUT2D eigenvalue weighted by Gasteiger charge is -2.17. The Bertz CT molecular complexity index is 1080. The summed E-state index contributed by atoms with van der Waals surface area (Å²) in [6, 6.07) is 9.20. The van der Waals surface area contributed by atoms with Crippen molar-refractivity contribution in [3.05, 3.63) is 75.4 Å². The molecule has 1 amide bonds. The summed E-state index contributed by atoms with van der Waals surface area (Å²) in [7, 11) is 1.54. The van der Waals surface area contributed by atoms with Gasteiger partial charge in [0.15, 0.2) is 0 Å². The van der Waals surface area contributed by atoms with E-state index in [-0.39, 0.29) is 16.5 Å². The van der Waals surface area contributed by atoms with E-state index >= 15 is 0 Å². The fraction of sp³-hybridized carbons (Fsp3) is 0.158. The minimum atomic E-state index is -0.365. The van der Waals surface area contributed by atoms with Crippen LogP contribution in [-0.4, -0.2) is 27.2 Å². The molecule has 136 valence electrons. The second-order valence-electron chi connectivity index (χ2n) is 6.22. The number of anilines is 3. The molecule has 0 fully saturated rings. The van der Waals surface area contributed by atoms with Gasteiger partial charge in [0.1, 0.15) is 5.02 Å². The third-order valence-corrected chi connectivity index (χ3v) is 4.85. The quantitative estimate of drug-likeness (QED) is 0.754. The molecule has 1 aliphatic rings. The number of nitrogens with one attached hydrogen (secondary N) is 1. The smallest absolute Gasteiger partial charge is 0.287 e. The Hall–Kier alpha value is -3.19. The van der Waals surface area contributed by atoms with Gasteiger partial charge in [0.05, 0.1) is 17.4 Å². The molecule has 2 aromatic heterocycles. The summed E-state index contributed by atoms with van der Waals surface area (Å²) in [4.78, 5) is 30.4. The molecule has 0 atom stereocenters. The standard InChI is InChI=1S/C19H16ClN5O2/c1-24-19(27)17(20)15(11-22-24)23-14-4-5-16-12(9-14)6-8-25(16)18(26)13-3-2-7-21-10-13/h2-5,7,9-11,23H,6,8H2,1H3. The summed E-state index contributed by atoms with van der Waals surface area (Å²) in [5.74, 6) is -0.0682. The SMILES string of the molecule is Cn1ncc(Nc2ccc3c(c2)CCN3C(=O)c2cccnc2)c(Cl)c1=O. The first-order valence-corrected chi connectivity index (χ1v) is 8.76. The second kappa shape index (κ2) is 6.85. The molecule has 27 heavy (non-hydrogen) atoms. The number of pyridine rings is 1. The number of fused-ring (bicyclic) bond motifs is 1. The topological polar surface area (TPSA) is 80.1 Å². The first kappa shape index (κ1) is 17.2. The van der Waals surface area contributed by atoms with Crippen LogP contribution in [0.1, 0.15) is 15.9 Å². The summed E-state index contributed by atoms with van der Waals surface area (Å²) in [6.45, 7) is 0.612. The monoisotopic (exact) mass is 381 g/mol. The molecule has 0 radical (unpaired) electrons. The highest BCUT2D eigenvalue weighted by Crippen LogP contribution is 2.33. The van der Waals surface area contributed by atoms with Gasteiger partial charge in [-0.25, -0.2) is 4.68 Å². The second-order valence-corrected chi connectivity index (χ2v) is 6.60. The molecular weight excluding hydrogens is 366 g/mol. The summed E-state index contributed by atoms with van der Waals surface area (Å²) in [6.07, 6.45) is 5.47. The lowest BCUT2D eigenvalue weighted by Crippen LogP contribution is -2.28. The van der Waals surface area contributed by atoms with Crippen molar-refractivity contribution in [2.24, 2.45) is 7.05 Å². The maximum Gasteiger partial charge on any atom is 0.287 e. The van der Waals surface area contributed by atoms with Gasteiger partial charge < -0.3 is 10.2 Å². The van der Waals surface area contributed by atoms with Crippen LogP contribution in [0.5, 0.6) is 0 Å². The first-order chi connectivity index (χ1) is 13.0. The maximum absolute atomic E-state index is 12.7. The molecule has 8 heteroatoms. The van der Waals surface area contributed by atoms with Crippen LogP contribution in [0, 0.1) is 0 Å². The van der Waals surface area contributed by atoms with Crippen LogP contribution in [0.2, 0.25) is 5.02 Å². The fourth-order valence-electron chi connectivity index (χ4n) is 3.09. The molecule has 1 aliphatic heterocycles. The number of hydrogen-bond donors (Lipinski definition) is 1. The van der Waals surface area contributed by atoms with Gasteiger partial charge in [-0.15, -0.1) is 0 Å². The first-order valence-electron chi connectivity index (χ1n) is 8.38. The van der Waals surface area contributed by atoms with Crippen LogP contribution in [0.15, 0.2) is 53.7 Å². The Morgan fingerprint density at radius 3 is 2.89 bits per heavy atom. The van der Waals surface area contributed by atoms with Crippen molar-refractivity contribution < 1.29 is 4.79 Å². The highest BCUT2D eigenvalue weighted by molar-refractivity contribution is 6.33. The number of nitrogens with zero attached hydrogens (tertiary/aromatic N) is 4. The van der Waals surface area contributed by atoms with Gasteiger partial charge in [-0.3, -0.25) is 14.6 Å². The zero-order chi connectivity index (χ0) is 19.0. The van der Waals surface area contributed by atoms with E-state index in [0.29, 0.717) is 17.8 Å². The third-order valence-electron chi connectivity index (χ3n) is 4.49. The van der Waals surface area contributed by atoms with Crippen LogP contribution >= 0.6 is 11.6 Å². The third kappa shape index (κ3) is 3.17. The molecule has 0 saturated carbocycles. The van der Waals surface area contributed by atoms with Crippen molar-refractivity contribution in [3.8, 4) is 0 Å². The fourth-order valence-corrected chi connectivity index (χ4v) is 3.31. The van der Waals surface area contributed by atoms with Crippen molar-refractivity contribution in [3.63, 3.8) is 0 Å². The normalized spacial score (nSPS) is 12.7. The molecule has 0 aliphatic carbocycles. The Morgan fingerprint density at radius 2 is 2.11 bits per heavy atom. The number of aryl methyl sites for hydroxylation is 1. The van der Waals surface area contributed by atoms with Gasteiger partial charge in [0.25, 0.3) is 11.5 Å². The van der Waals surface area contributed by atoms with Gasteiger partial charge in [-0.1, -0.05) is 11.6 Å². The van der Waals surface area contributed by atoms with E-state index in [1.807, 2.05) is 18.2 Å². The molecule has 0 bridgehead atoms. The molecule has 4 rings (SSSR count).